The number of pyridine rings is 1. The number of hydrogen-bond donors (Lipinski definition) is 0. The number of piperazine rings is 1. The van der Waals surface area contributed by atoms with Crippen molar-refractivity contribution in [3.63, 3.8) is 0 Å². The second kappa shape index (κ2) is 5.05. The molecule has 1 aromatic carbocycles. The molecule has 100 valence electrons. The Labute approximate surface area is 113 Å². The molecule has 1 aliphatic rings. The van der Waals surface area contributed by atoms with Gasteiger partial charge < -0.3 is 14.5 Å². The van der Waals surface area contributed by atoms with E-state index >= 15 is 0 Å². The molecule has 0 aliphatic carbocycles. The minimum atomic E-state index is 0.892. The van der Waals surface area contributed by atoms with Gasteiger partial charge in [-0.2, -0.15) is 0 Å². The lowest BCUT2D eigenvalue weighted by Gasteiger charge is -2.33. The minimum absolute atomic E-state index is 0.892. The molecule has 1 aliphatic heterocycles. The molecule has 2 heterocycles. The molecule has 1 aromatic heterocycles. The fourth-order valence-corrected chi connectivity index (χ4v) is 2.44. The van der Waals surface area contributed by atoms with E-state index in [9.17, 15) is 0 Å². The van der Waals surface area contributed by atoms with Crippen LogP contribution in [0.4, 0.5) is 5.82 Å². The predicted molar refractivity (Wildman–Crippen MR) is 78.0 cm³/mol. The summed E-state index contributed by atoms with van der Waals surface area (Å²) < 4.78 is 5.28. The fourth-order valence-electron chi connectivity index (χ4n) is 2.44. The summed E-state index contributed by atoms with van der Waals surface area (Å²) in [6.45, 7) is 4.27. The van der Waals surface area contributed by atoms with Crippen molar-refractivity contribution in [3.05, 3.63) is 30.5 Å². The monoisotopic (exact) mass is 257 g/mol. The zero-order chi connectivity index (χ0) is 13.2. The SMILES string of the molecule is COc1ccc2cnc(N3CCN(C)CC3)cc2c1. The Balaban J connectivity index is 1.91. The molecular formula is C15H19N3O. The maximum Gasteiger partial charge on any atom is 0.129 e. The molecule has 0 spiro atoms. The standard InChI is InChI=1S/C15H19N3O/c1-17-5-7-18(8-6-17)15-10-13-9-14(19-2)4-3-12(13)11-16-15/h3-4,9-11H,5-8H2,1-2H3. The number of methoxy groups -OCH3 is 1. The second-order valence-corrected chi connectivity index (χ2v) is 5.05. The quantitative estimate of drug-likeness (QED) is 0.822. The first-order chi connectivity index (χ1) is 9.26. The highest BCUT2D eigenvalue weighted by Crippen LogP contribution is 2.24. The maximum atomic E-state index is 5.28. The smallest absolute Gasteiger partial charge is 0.129 e. The lowest BCUT2D eigenvalue weighted by molar-refractivity contribution is 0.312. The third kappa shape index (κ3) is 2.49. The van der Waals surface area contributed by atoms with E-state index in [1.165, 1.54) is 5.39 Å². The molecular weight excluding hydrogens is 238 g/mol. The van der Waals surface area contributed by atoms with E-state index in [4.69, 9.17) is 4.74 Å². The summed E-state index contributed by atoms with van der Waals surface area (Å²) in [5.74, 6) is 1.96. The Kier molecular flexibility index (Phi) is 3.25. The number of likely N-dealkylation sites (N-methyl/N-ethyl adjacent to an activating group) is 1. The third-order valence-corrected chi connectivity index (χ3v) is 3.74. The Morgan fingerprint density at radius 3 is 2.58 bits per heavy atom. The van der Waals surface area contributed by atoms with Crippen LogP contribution in [0, 0.1) is 0 Å². The van der Waals surface area contributed by atoms with Crippen molar-refractivity contribution in [2.24, 2.45) is 0 Å². The Hall–Kier alpha value is -1.81. The number of aromatic nitrogens is 1. The van der Waals surface area contributed by atoms with E-state index in [1.807, 2.05) is 12.3 Å². The molecule has 1 saturated heterocycles. The van der Waals surface area contributed by atoms with Crippen molar-refractivity contribution in [2.45, 2.75) is 0 Å². The third-order valence-electron chi connectivity index (χ3n) is 3.74. The zero-order valence-corrected chi connectivity index (χ0v) is 11.5. The first-order valence-corrected chi connectivity index (χ1v) is 6.63. The van der Waals surface area contributed by atoms with Crippen molar-refractivity contribution >= 4 is 16.6 Å². The van der Waals surface area contributed by atoms with Gasteiger partial charge in [-0.25, -0.2) is 4.98 Å². The first-order valence-electron chi connectivity index (χ1n) is 6.63. The van der Waals surface area contributed by atoms with Crippen LogP contribution >= 0.6 is 0 Å². The van der Waals surface area contributed by atoms with Gasteiger partial charge in [-0.05, 0) is 36.7 Å². The summed E-state index contributed by atoms with van der Waals surface area (Å²) in [5.41, 5.74) is 0. The zero-order valence-electron chi connectivity index (χ0n) is 11.5. The lowest BCUT2D eigenvalue weighted by atomic mass is 10.1. The number of anilines is 1. The van der Waals surface area contributed by atoms with E-state index < -0.39 is 0 Å². The first kappa shape index (κ1) is 12.2. The predicted octanol–water partition coefficient (Wildman–Crippen LogP) is 2.00. The van der Waals surface area contributed by atoms with Gasteiger partial charge in [-0.15, -0.1) is 0 Å². The Morgan fingerprint density at radius 2 is 1.84 bits per heavy atom. The van der Waals surface area contributed by atoms with Crippen LogP contribution in [-0.4, -0.2) is 50.2 Å². The molecule has 2 aromatic rings. The molecule has 0 N–H and O–H groups in total. The van der Waals surface area contributed by atoms with Gasteiger partial charge in [-0.3, -0.25) is 0 Å². The highest BCUT2D eigenvalue weighted by atomic mass is 16.5. The summed E-state index contributed by atoms with van der Waals surface area (Å²) in [6, 6.07) is 8.24. The van der Waals surface area contributed by atoms with Gasteiger partial charge in [0, 0.05) is 37.8 Å². The Morgan fingerprint density at radius 1 is 1.05 bits per heavy atom. The van der Waals surface area contributed by atoms with Crippen LogP contribution in [-0.2, 0) is 0 Å². The molecule has 1 fully saturated rings. The number of nitrogens with zero attached hydrogens (tertiary/aromatic N) is 3. The van der Waals surface area contributed by atoms with Gasteiger partial charge in [-0.1, -0.05) is 0 Å². The molecule has 0 radical (unpaired) electrons. The molecule has 4 nitrogen and oxygen atoms in total. The van der Waals surface area contributed by atoms with Crippen LogP contribution in [0.15, 0.2) is 30.5 Å². The van der Waals surface area contributed by atoms with Crippen LogP contribution in [0.3, 0.4) is 0 Å². The second-order valence-electron chi connectivity index (χ2n) is 5.05. The van der Waals surface area contributed by atoms with Crippen LogP contribution in [0.1, 0.15) is 0 Å². The minimum Gasteiger partial charge on any atom is -0.497 e. The van der Waals surface area contributed by atoms with Gasteiger partial charge in [0.2, 0.25) is 0 Å². The topological polar surface area (TPSA) is 28.6 Å². The van der Waals surface area contributed by atoms with E-state index in [1.54, 1.807) is 7.11 Å². The van der Waals surface area contributed by atoms with E-state index in [0.29, 0.717) is 0 Å². The summed E-state index contributed by atoms with van der Waals surface area (Å²) >= 11 is 0. The van der Waals surface area contributed by atoms with Crippen molar-refractivity contribution in [1.29, 1.82) is 0 Å². The van der Waals surface area contributed by atoms with Gasteiger partial charge >= 0.3 is 0 Å². The Bertz CT molecular complexity index is 577. The highest BCUT2D eigenvalue weighted by molar-refractivity contribution is 5.85. The lowest BCUT2D eigenvalue weighted by Crippen LogP contribution is -2.44. The molecule has 0 amide bonds. The van der Waals surface area contributed by atoms with E-state index in [-0.39, 0.29) is 0 Å². The number of ether oxygens (including phenoxy) is 1. The maximum absolute atomic E-state index is 5.28. The average Bonchev–Trinajstić information content (AvgIpc) is 2.47. The van der Waals surface area contributed by atoms with Crippen LogP contribution in [0.2, 0.25) is 0 Å². The number of fused-ring (bicyclic) bond motifs is 1. The summed E-state index contributed by atoms with van der Waals surface area (Å²) in [6.07, 6.45) is 1.95. The molecule has 0 unspecified atom stereocenters. The fraction of sp³-hybridized carbons (Fsp3) is 0.400. The van der Waals surface area contributed by atoms with Gasteiger partial charge in [0.25, 0.3) is 0 Å². The highest BCUT2D eigenvalue weighted by Gasteiger charge is 2.15. The van der Waals surface area contributed by atoms with Crippen LogP contribution in [0.5, 0.6) is 5.75 Å². The molecule has 0 saturated carbocycles. The summed E-state index contributed by atoms with van der Waals surface area (Å²) in [4.78, 5) is 9.27. The summed E-state index contributed by atoms with van der Waals surface area (Å²) in [5, 5.41) is 2.34. The normalized spacial score (nSPS) is 16.8. The molecule has 0 bridgehead atoms. The van der Waals surface area contributed by atoms with Gasteiger partial charge in [0.05, 0.1) is 7.11 Å². The van der Waals surface area contributed by atoms with Crippen molar-refractivity contribution in [1.82, 2.24) is 9.88 Å². The summed E-state index contributed by atoms with van der Waals surface area (Å²) in [7, 11) is 3.86. The number of hydrogen-bond acceptors (Lipinski definition) is 4. The van der Waals surface area contributed by atoms with E-state index in [2.05, 4.69) is 40.0 Å². The number of rotatable bonds is 2. The average molecular weight is 257 g/mol. The largest absolute Gasteiger partial charge is 0.497 e. The molecule has 3 rings (SSSR count). The van der Waals surface area contributed by atoms with Gasteiger partial charge in [0.1, 0.15) is 11.6 Å². The number of benzene rings is 1. The van der Waals surface area contributed by atoms with E-state index in [0.717, 1.165) is 43.1 Å². The van der Waals surface area contributed by atoms with Crippen molar-refractivity contribution < 1.29 is 4.74 Å². The van der Waals surface area contributed by atoms with Crippen molar-refractivity contribution in [2.75, 3.05) is 45.2 Å². The molecule has 19 heavy (non-hydrogen) atoms. The molecule has 0 atom stereocenters. The van der Waals surface area contributed by atoms with Crippen LogP contribution in [0.25, 0.3) is 10.8 Å². The van der Waals surface area contributed by atoms with Crippen molar-refractivity contribution in [3.8, 4) is 5.75 Å². The van der Waals surface area contributed by atoms with Gasteiger partial charge in [0.15, 0.2) is 0 Å². The molecule has 4 heteroatoms. The van der Waals surface area contributed by atoms with Crippen LogP contribution < -0.4 is 9.64 Å².